The Bertz CT molecular complexity index is 906. The summed E-state index contributed by atoms with van der Waals surface area (Å²) in [5.74, 6) is 0. The van der Waals surface area contributed by atoms with Crippen LogP contribution in [0.15, 0.2) is 36.7 Å². The summed E-state index contributed by atoms with van der Waals surface area (Å²) >= 11 is 0. The molecule has 0 N–H and O–H groups in total. The number of aryl methyl sites for hydroxylation is 1. The van der Waals surface area contributed by atoms with Crippen molar-refractivity contribution in [2.45, 2.75) is 45.7 Å². The number of rotatable bonds is 3. The van der Waals surface area contributed by atoms with Crippen LogP contribution in [0.1, 0.15) is 36.4 Å². The molecule has 0 aliphatic carbocycles. The zero-order valence-electron chi connectivity index (χ0n) is 15.6. The second-order valence-corrected chi connectivity index (χ2v) is 7.92. The topological polar surface area (TPSA) is 34.0 Å². The molecule has 0 saturated carbocycles. The number of hydrogen-bond acceptors (Lipinski definition) is 3. The minimum absolute atomic E-state index is 0.0377. The average Bonchev–Trinajstić information content (AvgIpc) is 2.91. The van der Waals surface area contributed by atoms with Gasteiger partial charge in [-0.2, -0.15) is 0 Å². The van der Waals surface area contributed by atoms with E-state index in [4.69, 9.17) is 4.98 Å². The van der Waals surface area contributed by atoms with E-state index in [-0.39, 0.29) is 5.54 Å². The molecule has 0 unspecified atom stereocenters. The fraction of sp³-hybridized carbons (Fsp3) is 0.429. The van der Waals surface area contributed by atoms with Crippen LogP contribution in [0.4, 0.5) is 0 Å². The van der Waals surface area contributed by atoms with E-state index in [1.165, 1.54) is 27.9 Å². The monoisotopic (exact) mass is 334 g/mol. The highest BCUT2D eigenvalue weighted by Crippen LogP contribution is 2.35. The van der Waals surface area contributed by atoms with Crippen molar-refractivity contribution in [3.63, 3.8) is 0 Å². The van der Waals surface area contributed by atoms with Crippen LogP contribution in [0.5, 0.6) is 0 Å². The minimum atomic E-state index is -0.0377. The van der Waals surface area contributed by atoms with E-state index >= 15 is 0 Å². The van der Waals surface area contributed by atoms with Crippen LogP contribution in [-0.2, 0) is 24.9 Å². The van der Waals surface area contributed by atoms with Gasteiger partial charge in [0.05, 0.1) is 11.0 Å². The lowest BCUT2D eigenvalue weighted by atomic mass is 9.94. The predicted molar refractivity (Wildman–Crippen MR) is 102 cm³/mol. The molecule has 3 aromatic rings. The third kappa shape index (κ3) is 2.85. The summed E-state index contributed by atoms with van der Waals surface area (Å²) < 4.78 is 2.53. The Balaban J connectivity index is 1.84. The van der Waals surface area contributed by atoms with Gasteiger partial charge in [-0.15, -0.1) is 0 Å². The Kier molecular flexibility index (Phi) is 3.88. The smallest absolute Gasteiger partial charge is 0.0916 e. The lowest BCUT2D eigenvalue weighted by molar-refractivity contribution is 0.277. The van der Waals surface area contributed by atoms with Crippen molar-refractivity contribution in [3.05, 3.63) is 59.2 Å². The lowest BCUT2D eigenvalue weighted by Gasteiger charge is -2.33. The molecule has 4 nitrogen and oxygen atoms in total. The van der Waals surface area contributed by atoms with E-state index in [2.05, 4.69) is 59.6 Å². The third-order valence-electron chi connectivity index (χ3n) is 5.31. The van der Waals surface area contributed by atoms with Crippen LogP contribution in [-0.4, -0.2) is 33.0 Å². The first-order chi connectivity index (χ1) is 12.0. The summed E-state index contributed by atoms with van der Waals surface area (Å²) in [6.07, 6.45) is 5.96. The molecule has 4 rings (SSSR count). The van der Waals surface area contributed by atoms with Crippen molar-refractivity contribution in [2.24, 2.45) is 0 Å². The van der Waals surface area contributed by atoms with Gasteiger partial charge in [-0.3, -0.25) is 9.97 Å². The van der Waals surface area contributed by atoms with E-state index in [1.54, 1.807) is 0 Å². The van der Waals surface area contributed by atoms with Gasteiger partial charge in [0.25, 0.3) is 0 Å². The molecule has 0 spiro atoms. The van der Waals surface area contributed by atoms with Crippen LogP contribution in [0, 0.1) is 6.92 Å². The Morgan fingerprint density at radius 1 is 1.16 bits per heavy atom. The van der Waals surface area contributed by atoms with Gasteiger partial charge >= 0.3 is 0 Å². The maximum Gasteiger partial charge on any atom is 0.0916 e. The van der Waals surface area contributed by atoms with Crippen LogP contribution < -0.4 is 0 Å². The number of hydrogen-bond donors (Lipinski definition) is 0. The van der Waals surface area contributed by atoms with Crippen molar-refractivity contribution >= 4 is 11.0 Å². The zero-order chi connectivity index (χ0) is 17.6. The van der Waals surface area contributed by atoms with Crippen molar-refractivity contribution in [1.29, 1.82) is 0 Å². The molecule has 0 saturated heterocycles. The molecule has 4 heteroatoms. The quantitative estimate of drug-likeness (QED) is 0.732. The Morgan fingerprint density at radius 3 is 2.76 bits per heavy atom. The molecule has 0 bridgehead atoms. The molecule has 25 heavy (non-hydrogen) atoms. The number of nitrogens with zero attached hydrogens (tertiary/aromatic N) is 4. The first kappa shape index (κ1) is 16.3. The minimum Gasteiger partial charge on any atom is -0.336 e. The highest BCUT2D eigenvalue weighted by atomic mass is 15.2. The summed E-state index contributed by atoms with van der Waals surface area (Å²) in [4.78, 5) is 11.6. The largest absolute Gasteiger partial charge is 0.336 e. The van der Waals surface area contributed by atoms with E-state index < -0.39 is 0 Å². The van der Waals surface area contributed by atoms with Gasteiger partial charge in [0.15, 0.2) is 0 Å². The van der Waals surface area contributed by atoms with Crippen molar-refractivity contribution < 1.29 is 0 Å². The van der Waals surface area contributed by atoms with E-state index in [1.807, 2.05) is 19.3 Å². The zero-order valence-corrected chi connectivity index (χ0v) is 15.6. The Hall–Kier alpha value is -2.20. The van der Waals surface area contributed by atoms with E-state index in [0.29, 0.717) is 0 Å². The summed E-state index contributed by atoms with van der Waals surface area (Å²) in [5.41, 5.74) is 7.60. The fourth-order valence-electron chi connectivity index (χ4n) is 4.17. The van der Waals surface area contributed by atoms with Crippen LogP contribution in [0.3, 0.4) is 0 Å². The number of pyridine rings is 2. The number of likely N-dealkylation sites (N-methyl/N-ethyl adjacent to an activating group) is 1. The molecule has 0 atom stereocenters. The normalized spacial score (nSPS) is 15.5. The van der Waals surface area contributed by atoms with Crippen LogP contribution >= 0.6 is 0 Å². The molecule has 4 heterocycles. The first-order valence-corrected chi connectivity index (χ1v) is 9.03. The molecule has 1 aliphatic heterocycles. The second kappa shape index (κ2) is 5.95. The molecular formula is C21H26N4. The summed E-state index contributed by atoms with van der Waals surface area (Å²) in [5, 5.41) is 0. The van der Waals surface area contributed by atoms with Crippen molar-refractivity contribution in [2.75, 3.05) is 13.6 Å². The van der Waals surface area contributed by atoms with Crippen LogP contribution in [0.2, 0.25) is 0 Å². The molecule has 1 aliphatic rings. The summed E-state index contributed by atoms with van der Waals surface area (Å²) in [6.45, 7) is 8.78. The summed E-state index contributed by atoms with van der Waals surface area (Å²) in [7, 11) is 2.20. The van der Waals surface area contributed by atoms with Crippen LogP contribution in [0.25, 0.3) is 11.0 Å². The van der Waals surface area contributed by atoms with Crippen molar-refractivity contribution in [3.8, 4) is 0 Å². The Labute approximate surface area is 149 Å². The third-order valence-corrected chi connectivity index (χ3v) is 5.31. The van der Waals surface area contributed by atoms with Gasteiger partial charge in [-0.1, -0.05) is 6.07 Å². The van der Waals surface area contributed by atoms with E-state index in [9.17, 15) is 0 Å². The molecule has 130 valence electrons. The molecule has 0 radical (unpaired) electrons. The standard InChI is InChI=1S/C21H26N4/c1-15-7-8-16(13-23-15)12-21(2,3)25-18-6-5-10-22-20(18)17-9-11-24(4)14-19(17)25/h5-8,10,13H,9,11-12,14H2,1-4H3. The average molecular weight is 334 g/mol. The molecule has 0 fully saturated rings. The van der Waals surface area contributed by atoms with Gasteiger partial charge in [0.2, 0.25) is 0 Å². The maximum atomic E-state index is 4.72. The highest BCUT2D eigenvalue weighted by Gasteiger charge is 2.31. The maximum absolute atomic E-state index is 4.72. The van der Waals surface area contributed by atoms with Gasteiger partial charge in [0.1, 0.15) is 0 Å². The van der Waals surface area contributed by atoms with Gasteiger partial charge < -0.3 is 9.47 Å². The van der Waals surface area contributed by atoms with Crippen molar-refractivity contribution in [1.82, 2.24) is 19.4 Å². The highest BCUT2D eigenvalue weighted by molar-refractivity contribution is 5.82. The SMILES string of the molecule is Cc1ccc(CC(C)(C)n2c3c(c4ncccc42)CCN(C)C3)cn1. The molecule has 3 aromatic heterocycles. The van der Waals surface area contributed by atoms with Gasteiger partial charge in [-0.05, 0) is 64.4 Å². The lowest BCUT2D eigenvalue weighted by Crippen LogP contribution is -2.35. The van der Waals surface area contributed by atoms with E-state index in [0.717, 1.165) is 31.6 Å². The molecular weight excluding hydrogens is 308 g/mol. The number of aromatic nitrogens is 3. The molecule has 0 aromatic carbocycles. The second-order valence-electron chi connectivity index (χ2n) is 7.92. The van der Waals surface area contributed by atoms with Gasteiger partial charge in [-0.25, -0.2) is 0 Å². The predicted octanol–water partition coefficient (Wildman–Crippen LogP) is 3.71. The fourth-order valence-corrected chi connectivity index (χ4v) is 4.17. The van der Waals surface area contributed by atoms with Gasteiger partial charge in [0, 0.05) is 48.0 Å². The molecule has 0 amide bonds. The Morgan fingerprint density at radius 2 is 2.00 bits per heavy atom. The summed E-state index contributed by atoms with van der Waals surface area (Å²) in [6, 6.07) is 8.57. The number of fused-ring (bicyclic) bond motifs is 3. The first-order valence-electron chi connectivity index (χ1n) is 9.03.